The second-order valence-electron chi connectivity index (χ2n) is 4.16. The highest BCUT2D eigenvalue weighted by atomic mass is 79.9. The van der Waals surface area contributed by atoms with Crippen LogP contribution in [0.15, 0.2) is 15.6 Å². The summed E-state index contributed by atoms with van der Waals surface area (Å²) in [6, 6.07) is 0. The van der Waals surface area contributed by atoms with E-state index in [1.165, 1.54) is 6.33 Å². The average Bonchev–Trinajstić information content (AvgIpc) is 2.28. The van der Waals surface area contributed by atoms with Crippen molar-refractivity contribution < 1.29 is 0 Å². The molecule has 0 amide bonds. The predicted octanol–water partition coefficient (Wildman–Crippen LogP) is 1.31. The molecule has 0 aliphatic carbocycles. The number of H-pyrrole nitrogens is 1. The molecule has 1 heterocycles. The monoisotopic (exact) mass is 302 g/mol. The Hall–Kier alpha value is -0.880. The fourth-order valence-electron chi connectivity index (χ4n) is 1.51. The van der Waals surface area contributed by atoms with Gasteiger partial charge in [-0.05, 0) is 36.4 Å². The summed E-state index contributed by atoms with van der Waals surface area (Å²) in [5.74, 6) is 0.720. The molecule has 0 saturated heterocycles. The molecular weight excluding hydrogens is 284 g/mol. The van der Waals surface area contributed by atoms with E-state index in [9.17, 15) is 4.79 Å². The number of likely N-dealkylation sites (N-methyl/N-ethyl adjacent to an activating group) is 1. The van der Waals surface area contributed by atoms with Crippen molar-refractivity contribution in [2.24, 2.45) is 0 Å². The van der Waals surface area contributed by atoms with Crippen LogP contribution in [0, 0.1) is 0 Å². The van der Waals surface area contributed by atoms with Gasteiger partial charge in [-0.25, -0.2) is 4.98 Å². The molecule has 0 unspecified atom stereocenters. The van der Waals surface area contributed by atoms with Gasteiger partial charge in [0.25, 0.3) is 5.56 Å². The summed E-state index contributed by atoms with van der Waals surface area (Å²) in [5.41, 5.74) is -0.138. The van der Waals surface area contributed by atoms with Gasteiger partial charge in [-0.15, -0.1) is 0 Å². The number of hydrogen-bond donors (Lipinski definition) is 1. The number of aromatic nitrogens is 2. The zero-order chi connectivity index (χ0) is 12.8. The van der Waals surface area contributed by atoms with E-state index in [1.54, 1.807) is 0 Å². The van der Waals surface area contributed by atoms with Crippen molar-refractivity contribution in [2.45, 2.75) is 13.3 Å². The Morgan fingerprint density at radius 1 is 1.35 bits per heavy atom. The Morgan fingerprint density at radius 3 is 2.65 bits per heavy atom. The minimum Gasteiger partial charge on any atom is -0.354 e. The molecular formula is C11H19BrN4O. The first-order chi connectivity index (χ1) is 8.06. The number of nitrogens with one attached hydrogen (secondary N) is 1. The van der Waals surface area contributed by atoms with Crippen LogP contribution >= 0.6 is 15.9 Å². The largest absolute Gasteiger partial charge is 0.354 e. The van der Waals surface area contributed by atoms with E-state index in [1.807, 2.05) is 14.1 Å². The molecule has 0 aliphatic rings. The second kappa shape index (κ2) is 6.76. The van der Waals surface area contributed by atoms with Crippen LogP contribution in [-0.2, 0) is 0 Å². The van der Waals surface area contributed by atoms with Crippen molar-refractivity contribution in [2.75, 3.05) is 38.6 Å². The summed E-state index contributed by atoms with van der Waals surface area (Å²) in [6.45, 7) is 4.80. The smallest absolute Gasteiger partial charge is 0.267 e. The maximum absolute atomic E-state index is 11.5. The number of rotatable bonds is 6. The van der Waals surface area contributed by atoms with Crippen molar-refractivity contribution in [1.82, 2.24) is 14.9 Å². The molecule has 0 spiro atoms. The van der Waals surface area contributed by atoms with Gasteiger partial charge in [-0.2, -0.15) is 0 Å². The Morgan fingerprint density at radius 2 is 2.06 bits per heavy atom. The van der Waals surface area contributed by atoms with Gasteiger partial charge in [0.15, 0.2) is 0 Å². The van der Waals surface area contributed by atoms with Crippen LogP contribution < -0.4 is 10.5 Å². The minimum atomic E-state index is -0.138. The lowest BCUT2D eigenvalue weighted by Crippen LogP contribution is -2.34. The van der Waals surface area contributed by atoms with Gasteiger partial charge in [-0.1, -0.05) is 6.92 Å². The topological polar surface area (TPSA) is 52.2 Å². The van der Waals surface area contributed by atoms with Crippen molar-refractivity contribution in [3.05, 3.63) is 21.2 Å². The molecule has 0 aromatic carbocycles. The van der Waals surface area contributed by atoms with Gasteiger partial charge in [0.2, 0.25) is 0 Å². The Balaban J connectivity index is 2.89. The molecule has 0 atom stereocenters. The van der Waals surface area contributed by atoms with Crippen molar-refractivity contribution >= 4 is 21.7 Å². The average molecular weight is 303 g/mol. The fourth-order valence-corrected chi connectivity index (χ4v) is 1.98. The molecule has 0 saturated carbocycles. The minimum absolute atomic E-state index is 0.138. The summed E-state index contributed by atoms with van der Waals surface area (Å²) in [6.07, 6.45) is 2.47. The molecule has 5 nitrogen and oxygen atoms in total. The van der Waals surface area contributed by atoms with E-state index in [2.05, 4.69) is 42.6 Å². The van der Waals surface area contributed by atoms with Gasteiger partial charge in [-0.3, -0.25) is 4.79 Å². The highest BCUT2D eigenvalue weighted by Gasteiger charge is 2.13. The third kappa shape index (κ3) is 4.12. The maximum atomic E-state index is 11.5. The number of anilines is 1. The van der Waals surface area contributed by atoms with E-state index < -0.39 is 0 Å². The van der Waals surface area contributed by atoms with E-state index >= 15 is 0 Å². The first-order valence-electron chi connectivity index (χ1n) is 5.69. The zero-order valence-corrected chi connectivity index (χ0v) is 12.1. The van der Waals surface area contributed by atoms with E-state index in [-0.39, 0.29) is 5.56 Å². The molecule has 96 valence electrons. The van der Waals surface area contributed by atoms with E-state index in [0.717, 1.165) is 31.9 Å². The van der Waals surface area contributed by atoms with Crippen LogP contribution in [0.25, 0.3) is 0 Å². The van der Waals surface area contributed by atoms with E-state index in [4.69, 9.17) is 0 Å². The SMILES string of the molecule is CCCN(CCN(C)C)c1nc[nH]c(=O)c1Br. The van der Waals surface area contributed by atoms with Crippen molar-refractivity contribution in [3.8, 4) is 0 Å². The number of aromatic amines is 1. The molecule has 1 rings (SSSR count). The molecule has 0 bridgehead atoms. The fraction of sp³-hybridized carbons (Fsp3) is 0.636. The predicted molar refractivity (Wildman–Crippen MR) is 73.6 cm³/mol. The summed E-state index contributed by atoms with van der Waals surface area (Å²) in [7, 11) is 4.06. The first kappa shape index (κ1) is 14.2. The molecule has 0 aliphatic heterocycles. The molecule has 1 aromatic rings. The van der Waals surface area contributed by atoms with Gasteiger partial charge in [0, 0.05) is 19.6 Å². The van der Waals surface area contributed by atoms with Crippen molar-refractivity contribution in [3.63, 3.8) is 0 Å². The Bertz CT molecular complexity index is 405. The standard InChI is InChI=1S/C11H19BrN4O/c1-4-5-16(7-6-15(2)3)10-9(12)11(17)14-8-13-10/h8H,4-7H2,1-3H3,(H,13,14,17). The Labute approximate surface area is 110 Å². The zero-order valence-electron chi connectivity index (χ0n) is 10.5. The summed E-state index contributed by atoms with van der Waals surface area (Å²) in [4.78, 5) is 22.5. The second-order valence-corrected chi connectivity index (χ2v) is 4.95. The third-order valence-electron chi connectivity index (χ3n) is 2.39. The van der Waals surface area contributed by atoms with Gasteiger partial charge in [0.1, 0.15) is 10.3 Å². The van der Waals surface area contributed by atoms with Crippen LogP contribution in [0.5, 0.6) is 0 Å². The lowest BCUT2D eigenvalue weighted by Gasteiger charge is -2.25. The van der Waals surface area contributed by atoms with Gasteiger partial charge in [0.05, 0.1) is 6.33 Å². The quantitative estimate of drug-likeness (QED) is 0.861. The van der Waals surface area contributed by atoms with Crippen LogP contribution in [-0.4, -0.2) is 48.6 Å². The highest BCUT2D eigenvalue weighted by molar-refractivity contribution is 9.10. The summed E-state index contributed by atoms with van der Waals surface area (Å²) in [5, 5.41) is 0. The Kier molecular flexibility index (Phi) is 5.64. The molecule has 1 aromatic heterocycles. The maximum Gasteiger partial charge on any atom is 0.267 e. The van der Waals surface area contributed by atoms with Crippen LogP contribution in [0.4, 0.5) is 5.82 Å². The van der Waals surface area contributed by atoms with Crippen LogP contribution in [0.1, 0.15) is 13.3 Å². The number of halogens is 1. The normalized spacial score (nSPS) is 10.9. The summed E-state index contributed by atoms with van der Waals surface area (Å²) >= 11 is 3.30. The van der Waals surface area contributed by atoms with Crippen molar-refractivity contribution in [1.29, 1.82) is 0 Å². The van der Waals surface area contributed by atoms with Crippen LogP contribution in [0.3, 0.4) is 0 Å². The van der Waals surface area contributed by atoms with Gasteiger partial charge < -0.3 is 14.8 Å². The highest BCUT2D eigenvalue weighted by Crippen LogP contribution is 2.18. The lowest BCUT2D eigenvalue weighted by molar-refractivity contribution is 0.412. The molecule has 0 radical (unpaired) electrons. The molecule has 1 N–H and O–H groups in total. The molecule has 17 heavy (non-hydrogen) atoms. The van der Waals surface area contributed by atoms with Crippen LogP contribution in [0.2, 0.25) is 0 Å². The van der Waals surface area contributed by atoms with Gasteiger partial charge >= 0.3 is 0 Å². The lowest BCUT2D eigenvalue weighted by atomic mass is 10.3. The number of hydrogen-bond acceptors (Lipinski definition) is 4. The first-order valence-corrected chi connectivity index (χ1v) is 6.48. The van der Waals surface area contributed by atoms with E-state index in [0.29, 0.717) is 4.47 Å². The molecule has 0 fully saturated rings. The third-order valence-corrected chi connectivity index (χ3v) is 3.10. The molecule has 6 heteroatoms. The summed E-state index contributed by atoms with van der Waals surface area (Å²) < 4.78 is 0.507. The number of nitrogens with zero attached hydrogens (tertiary/aromatic N) is 3.